The van der Waals surface area contributed by atoms with E-state index in [9.17, 15) is 27.6 Å². The van der Waals surface area contributed by atoms with Crippen molar-refractivity contribution in [1.29, 1.82) is 0 Å². The lowest BCUT2D eigenvalue weighted by Gasteiger charge is -2.17. The Hall–Kier alpha value is -3.82. The number of benzene rings is 3. The van der Waals surface area contributed by atoms with E-state index >= 15 is 0 Å². The first-order valence-corrected chi connectivity index (χ1v) is 11.6. The van der Waals surface area contributed by atoms with Crippen LogP contribution in [0.5, 0.6) is 0 Å². The molecular formula is C26H18Cl2F3N3O3. The van der Waals surface area contributed by atoms with E-state index in [-0.39, 0.29) is 23.7 Å². The second-order valence-electron chi connectivity index (χ2n) is 8.08. The average molecular weight is 548 g/mol. The molecule has 0 saturated heterocycles. The summed E-state index contributed by atoms with van der Waals surface area (Å²) < 4.78 is 39.2. The summed E-state index contributed by atoms with van der Waals surface area (Å²) in [6.45, 7) is 0.348. The standard InChI is InChI=1S/C26H18Cl2F3N3O3/c27-18-8-4-16(5-9-18)14-32-21(35)12-15-6-10-19(11-7-15)33-23-22(28)24(36)34(25(23)37)20-3-1-2-17(13-20)26(29,30)31/h1-11,13,33H,12,14H2,(H,32,35). The minimum atomic E-state index is -4.64. The molecule has 3 aromatic rings. The normalized spacial score (nSPS) is 13.8. The molecule has 0 unspecified atom stereocenters. The molecule has 190 valence electrons. The van der Waals surface area contributed by atoms with E-state index in [0.717, 1.165) is 17.7 Å². The van der Waals surface area contributed by atoms with Crippen molar-refractivity contribution in [1.82, 2.24) is 5.32 Å². The van der Waals surface area contributed by atoms with Crippen LogP contribution in [-0.4, -0.2) is 17.7 Å². The molecule has 3 aromatic carbocycles. The van der Waals surface area contributed by atoms with E-state index < -0.39 is 28.6 Å². The highest BCUT2D eigenvalue weighted by Crippen LogP contribution is 2.35. The lowest BCUT2D eigenvalue weighted by molar-refractivity contribution is -0.137. The molecular weight excluding hydrogens is 530 g/mol. The van der Waals surface area contributed by atoms with Gasteiger partial charge in [-0.05, 0) is 53.6 Å². The number of nitrogens with one attached hydrogen (secondary N) is 2. The summed E-state index contributed by atoms with van der Waals surface area (Å²) in [5, 5.41) is 5.71. The van der Waals surface area contributed by atoms with Gasteiger partial charge in [0.2, 0.25) is 5.91 Å². The van der Waals surface area contributed by atoms with Gasteiger partial charge in [0.1, 0.15) is 10.7 Å². The van der Waals surface area contributed by atoms with Crippen molar-refractivity contribution in [3.8, 4) is 0 Å². The van der Waals surface area contributed by atoms with Gasteiger partial charge in [0, 0.05) is 17.3 Å². The van der Waals surface area contributed by atoms with Gasteiger partial charge < -0.3 is 10.6 Å². The molecule has 1 aliphatic heterocycles. The third-order valence-electron chi connectivity index (χ3n) is 5.45. The fourth-order valence-corrected chi connectivity index (χ4v) is 3.91. The van der Waals surface area contributed by atoms with Crippen LogP contribution in [0.1, 0.15) is 16.7 Å². The number of anilines is 2. The minimum Gasteiger partial charge on any atom is -0.352 e. The number of halogens is 5. The van der Waals surface area contributed by atoms with Crippen molar-refractivity contribution < 1.29 is 27.6 Å². The van der Waals surface area contributed by atoms with Crippen molar-refractivity contribution in [3.63, 3.8) is 0 Å². The quantitative estimate of drug-likeness (QED) is 0.374. The Morgan fingerprint density at radius 2 is 1.51 bits per heavy atom. The van der Waals surface area contributed by atoms with Crippen molar-refractivity contribution in [2.24, 2.45) is 0 Å². The Morgan fingerprint density at radius 3 is 2.16 bits per heavy atom. The van der Waals surface area contributed by atoms with Gasteiger partial charge in [-0.15, -0.1) is 0 Å². The maximum absolute atomic E-state index is 13.1. The first-order chi connectivity index (χ1) is 17.5. The van der Waals surface area contributed by atoms with Gasteiger partial charge in [-0.2, -0.15) is 13.2 Å². The van der Waals surface area contributed by atoms with Crippen LogP contribution in [0.15, 0.2) is 83.5 Å². The first kappa shape index (κ1) is 26.2. The van der Waals surface area contributed by atoms with Crippen molar-refractivity contribution >= 4 is 52.3 Å². The molecule has 0 fully saturated rings. The Bertz CT molecular complexity index is 1390. The molecule has 0 bridgehead atoms. The Kier molecular flexibility index (Phi) is 7.56. The fourth-order valence-electron chi connectivity index (χ4n) is 3.57. The zero-order valence-electron chi connectivity index (χ0n) is 18.9. The van der Waals surface area contributed by atoms with Gasteiger partial charge in [0.05, 0.1) is 17.7 Å². The summed E-state index contributed by atoms with van der Waals surface area (Å²) in [7, 11) is 0. The second-order valence-corrected chi connectivity index (χ2v) is 8.90. The van der Waals surface area contributed by atoms with Gasteiger partial charge in [-0.3, -0.25) is 14.4 Å². The molecule has 3 amide bonds. The largest absolute Gasteiger partial charge is 0.416 e. The molecule has 0 aliphatic carbocycles. The number of amides is 3. The van der Waals surface area contributed by atoms with E-state index in [1.54, 1.807) is 36.4 Å². The Morgan fingerprint density at radius 1 is 0.865 bits per heavy atom. The number of rotatable bonds is 7. The molecule has 1 heterocycles. The predicted molar refractivity (Wildman–Crippen MR) is 134 cm³/mol. The van der Waals surface area contributed by atoms with Crippen LogP contribution < -0.4 is 15.5 Å². The highest BCUT2D eigenvalue weighted by atomic mass is 35.5. The van der Waals surface area contributed by atoms with Crippen LogP contribution in [0, 0.1) is 0 Å². The van der Waals surface area contributed by atoms with Crippen LogP contribution in [0.25, 0.3) is 0 Å². The third-order valence-corrected chi connectivity index (χ3v) is 6.05. The summed E-state index contributed by atoms with van der Waals surface area (Å²) in [4.78, 5) is 38.3. The molecule has 6 nitrogen and oxygen atoms in total. The molecule has 0 saturated carbocycles. The SMILES string of the molecule is O=C(Cc1ccc(NC2=C(Cl)C(=O)N(c3cccc(C(F)(F)F)c3)C2=O)cc1)NCc1ccc(Cl)cc1. The van der Waals surface area contributed by atoms with Crippen LogP contribution in [0.4, 0.5) is 24.5 Å². The summed E-state index contributed by atoms with van der Waals surface area (Å²) in [6.07, 6.45) is -4.54. The molecule has 11 heteroatoms. The van der Waals surface area contributed by atoms with Crippen LogP contribution in [0.2, 0.25) is 5.02 Å². The lowest BCUT2D eigenvalue weighted by Crippen LogP contribution is -2.32. The Labute approximate surface area is 219 Å². The molecule has 37 heavy (non-hydrogen) atoms. The molecule has 0 radical (unpaired) electrons. The average Bonchev–Trinajstić information content (AvgIpc) is 3.07. The molecule has 4 rings (SSSR count). The number of carbonyl (C=O) groups is 3. The second kappa shape index (κ2) is 10.7. The number of carbonyl (C=O) groups excluding carboxylic acids is 3. The zero-order valence-corrected chi connectivity index (χ0v) is 20.4. The highest BCUT2D eigenvalue weighted by molar-refractivity contribution is 6.53. The van der Waals surface area contributed by atoms with Gasteiger partial charge in [-0.25, -0.2) is 4.90 Å². The summed E-state index contributed by atoms with van der Waals surface area (Å²) >= 11 is 11.9. The third kappa shape index (κ3) is 6.12. The number of hydrogen-bond acceptors (Lipinski definition) is 4. The predicted octanol–water partition coefficient (Wildman–Crippen LogP) is 5.65. The minimum absolute atomic E-state index is 0.109. The maximum atomic E-state index is 13.1. The van der Waals surface area contributed by atoms with E-state index in [0.29, 0.717) is 33.8 Å². The smallest absolute Gasteiger partial charge is 0.352 e. The molecule has 0 aromatic heterocycles. The van der Waals surface area contributed by atoms with E-state index in [2.05, 4.69) is 10.6 Å². The van der Waals surface area contributed by atoms with Crippen LogP contribution in [0.3, 0.4) is 0 Å². The van der Waals surface area contributed by atoms with Crippen molar-refractivity contribution in [2.75, 3.05) is 10.2 Å². The van der Waals surface area contributed by atoms with Crippen LogP contribution >= 0.6 is 23.2 Å². The van der Waals surface area contributed by atoms with Crippen molar-refractivity contribution in [2.45, 2.75) is 19.1 Å². The number of hydrogen-bond donors (Lipinski definition) is 2. The monoisotopic (exact) mass is 547 g/mol. The number of alkyl halides is 3. The summed E-state index contributed by atoms with van der Waals surface area (Å²) in [5.41, 5.74) is 0.467. The van der Waals surface area contributed by atoms with Gasteiger partial charge >= 0.3 is 6.18 Å². The Balaban J connectivity index is 1.39. The van der Waals surface area contributed by atoms with Gasteiger partial charge in [-0.1, -0.05) is 53.5 Å². The van der Waals surface area contributed by atoms with Gasteiger partial charge in [0.25, 0.3) is 11.8 Å². The fraction of sp³-hybridized carbons (Fsp3) is 0.115. The summed E-state index contributed by atoms with van der Waals surface area (Å²) in [5.74, 6) is -2.03. The highest BCUT2D eigenvalue weighted by Gasteiger charge is 2.40. The zero-order chi connectivity index (χ0) is 26.7. The van der Waals surface area contributed by atoms with E-state index in [1.165, 1.54) is 6.07 Å². The number of imide groups is 1. The summed E-state index contributed by atoms with van der Waals surface area (Å²) in [6, 6.07) is 17.4. The van der Waals surface area contributed by atoms with Crippen LogP contribution in [-0.2, 0) is 33.5 Å². The number of nitrogens with zero attached hydrogens (tertiary/aromatic N) is 1. The van der Waals surface area contributed by atoms with Crippen molar-refractivity contribution in [3.05, 3.63) is 105 Å². The lowest BCUT2D eigenvalue weighted by atomic mass is 10.1. The molecule has 0 spiro atoms. The maximum Gasteiger partial charge on any atom is 0.416 e. The molecule has 1 aliphatic rings. The topological polar surface area (TPSA) is 78.5 Å². The molecule has 2 N–H and O–H groups in total. The van der Waals surface area contributed by atoms with E-state index in [1.807, 2.05) is 12.1 Å². The first-order valence-electron chi connectivity index (χ1n) is 10.9. The van der Waals surface area contributed by atoms with Gasteiger partial charge in [0.15, 0.2) is 0 Å². The van der Waals surface area contributed by atoms with E-state index in [4.69, 9.17) is 23.2 Å². The molecule has 0 atom stereocenters.